The number of carbonyl (C=O) groups is 1. The number of ether oxygens (including phenoxy) is 3. The van der Waals surface area contributed by atoms with E-state index in [1.54, 1.807) is 6.07 Å². The van der Waals surface area contributed by atoms with Crippen molar-refractivity contribution in [2.75, 3.05) is 13.2 Å². The van der Waals surface area contributed by atoms with Crippen LogP contribution in [0.3, 0.4) is 0 Å². The van der Waals surface area contributed by atoms with Gasteiger partial charge in [0, 0.05) is 12.3 Å². The Bertz CT molecular complexity index is 826. The Morgan fingerprint density at radius 1 is 1.40 bits per heavy atom. The minimum atomic E-state index is -0.917. The Morgan fingerprint density at radius 3 is 3.00 bits per heavy atom. The second-order valence-electron chi connectivity index (χ2n) is 5.96. The number of pyridine rings is 1. The maximum absolute atomic E-state index is 10.9. The number of rotatable bonds is 5. The molecule has 1 fully saturated rings. The van der Waals surface area contributed by atoms with Crippen LogP contribution < -0.4 is 15.2 Å². The first-order chi connectivity index (χ1) is 12.2. The molecule has 2 aromatic heterocycles. The molecule has 0 saturated heterocycles. The lowest BCUT2D eigenvalue weighted by Crippen LogP contribution is -2.16. The molecule has 0 atom stereocenters. The lowest BCUT2D eigenvalue weighted by atomic mass is 10.1. The first-order valence-corrected chi connectivity index (χ1v) is 8.16. The summed E-state index contributed by atoms with van der Waals surface area (Å²) in [5.74, 6) is 1.25. The molecule has 2 N–H and O–H groups in total. The van der Waals surface area contributed by atoms with Crippen LogP contribution in [0.5, 0.6) is 17.4 Å². The third-order valence-electron chi connectivity index (χ3n) is 4.03. The summed E-state index contributed by atoms with van der Waals surface area (Å²) in [6.45, 7) is 1.25. The molecule has 1 saturated carbocycles. The number of nitrogens with zero attached hydrogens (tertiary/aromatic N) is 3. The van der Waals surface area contributed by atoms with Gasteiger partial charge in [-0.3, -0.25) is 4.68 Å². The highest BCUT2D eigenvalue weighted by molar-refractivity contribution is 5.69. The van der Waals surface area contributed by atoms with Crippen molar-refractivity contribution < 1.29 is 19.0 Å². The van der Waals surface area contributed by atoms with E-state index in [4.69, 9.17) is 25.0 Å². The molecule has 0 aromatic carbocycles. The summed E-state index contributed by atoms with van der Waals surface area (Å²) in [7, 11) is 0. The molecular weight excluding hydrogens is 324 g/mol. The molecule has 130 valence electrons. The predicted molar refractivity (Wildman–Crippen MR) is 88.4 cm³/mol. The molecule has 8 heteroatoms. The first kappa shape index (κ1) is 15.6. The summed E-state index contributed by atoms with van der Waals surface area (Å²) in [5, 5.41) is 4.71. The van der Waals surface area contributed by atoms with Crippen LogP contribution in [-0.4, -0.2) is 34.1 Å². The van der Waals surface area contributed by atoms with Crippen molar-refractivity contribution in [1.29, 1.82) is 0 Å². The van der Waals surface area contributed by atoms with E-state index >= 15 is 0 Å². The Hall–Kier alpha value is -2.87. The molecule has 1 amide bonds. The lowest BCUT2D eigenvalue weighted by molar-refractivity contribution is 0.161. The minimum Gasteiger partial charge on any atom is -0.453 e. The van der Waals surface area contributed by atoms with Crippen molar-refractivity contribution in [1.82, 2.24) is 14.8 Å². The number of nitrogens with two attached hydrogens (primary N) is 1. The molecule has 3 heterocycles. The monoisotopic (exact) mass is 342 g/mol. The highest BCUT2D eigenvalue weighted by atomic mass is 16.6. The smallest absolute Gasteiger partial charge is 0.411 e. The Balaban J connectivity index is 1.63. The average molecular weight is 342 g/mol. The molecule has 1 aliphatic carbocycles. The normalized spacial score (nSPS) is 17.0. The van der Waals surface area contributed by atoms with Gasteiger partial charge in [-0.05, 0) is 30.9 Å². The number of aromatic nitrogens is 3. The molecule has 4 rings (SSSR count). The minimum absolute atomic E-state index is 0.0893. The highest BCUT2D eigenvalue weighted by Crippen LogP contribution is 2.39. The number of amides is 1. The van der Waals surface area contributed by atoms with Crippen LogP contribution in [-0.2, 0) is 4.74 Å². The van der Waals surface area contributed by atoms with E-state index in [0.29, 0.717) is 30.8 Å². The fourth-order valence-electron chi connectivity index (χ4n) is 2.68. The van der Waals surface area contributed by atoms with Gasteiger partial charge in [0.25, 0.3) is 0 Å². The zero-order valence-corrected chi connectivity index (χ0v) is 13.6. The maximum Gasteiger partial charge on any atom is 0.411 e. The van der Waals surface area contributed by atoms with E-state index in [1.165, 1.54) is 12.3 Å². The van der Waals surface area contributed by atoms with Crippen LogP contribution >= 0.6 is 0 Å². The zero-order valence-electron chi connectivity index (χ0n) is 13.6. The second-order valence-corrected chi connectivity index (χ2v) is 5.96. The summed E-state index contributed by atoms with van der Waals surface area (Å²) in [4.78, 5) is 14.8. The summed E-state index contributed by atoms with van der Waals surface area (Å²) in [6.07, 6.45) is 7.58. The van der Waals surface area contributed by atoms with E-state index in [1.807, 2.05) is 17.0 Å². The summed E-state index contributed by atoms with van der Waals surface area (Å²) >= 11 is 0. The Kier molecular flexibility index (Phi) is 4.10. The van der Waals surface area contributed by atoms with Crippen LogP contribution in [0, 0.1) is 0 Å². The van der Waals surface area contributed by atoms with Gasteiger partial charge in [-0.15, -0.1) is 0 Å². The van der Waals surface area contributed by atoms with Crippen molar-refractivity contribution in [2.24, 2.45) is 5.73 Å². The lowest BCUT2D eigenvalue weighted by Gasteiger charge is -2.13. The van der Waals surface area contributed by atoms with Crippen molar-refractivity contribution in [3.63, 3.8) is 0 Å². The van der Waals surface area contributed by atoms with Gasteiger partial charge in [-0.1, -0.05) is 6.08 Å². The fraction of sp³-hybridized carbons (Fsp3) is 0.353. The molecule has 0 unspecified atom stereocenters. The van der Waals surface area contributed by atoms with Gasteiger partial charge in [0.2, 0.25) is 5.88 Å². The number of primary amides is 1. The third-order valence-corrected chi connectivity index (χ3v) is 4.03. The van der Waals surface area contributed by atoms with Gasteiger partial charge in [0.05, 0.1) is 25.5 Å². The highest BCUT2D eigenvalue weighted by Gasteiger charge is 2.27. The maximum atomic E-state index is 10.9. The first-order valence-electron chi connectivity index (χ1n) is 8.16. The van der Waals surface area contributed by atoms with Gasteiger partial charge in [-0.25, -0.2) is 9.78 Å². The summed E-state index contributed by atoms with van der Waals surface area (Å²) in [6, 6.07) is 3.65. The standard InChI is InChI=1S/C17H18N4O4/c18-17(22)25-15-9-13(3-6-19-15)24-14-10-21(12-1-2-12)20-16(14)11-4-7-23-8-5-11/h3-4,6,9-10,12H,1-2,5,7-8H2,(H2,18,22). The molecule has 25 heavy (non-hydrogen) atoms. The summed E-state index contributed by atoms with van der Waals surface area (Å²) < 4.78 is 18.1. The molecule has 0 radical (unpaired) electrons. The van der Waals surface area contributed by atoms with E-state index in [2.05, 4.69) is 4.98 Å². The number of hydrogen-bond donors (Lipinski definition) is 1. The van der Waals surface area contributed by atoms with E-state index in [0.717, 1.165) is 30.5 Å². The van der Waals surface area contributed by atoms with Crippen molar-refractivity contribution in [3.8, 4) is 17.4 Å². The predicted octanol–water partition coefficient (Wildman–Crippen LogP) is 2.67. The van der Waals surface area contributed by atoms with Crippen molar-refractivity contribution in [2.45, 2.75) is 25.3 Å². The van der Waals surface area contributed by atoms with Gasteiger partial charge in [0.15, 0.2) is 5.75 Å². The van der Waals surface area contributed by atoms with Crippen LogP contribution in [0.1, 0.15) is 31.0 Å². The molecule has 0 bridgehead atoms. The van der Waals surface area contributed by atoms with Gasteiger partial charge >= 0.3 is 6.09 Å². The Labute approximate surface area is 144 Å². The van der Waals surface area contributed by atoms with Gasteiger partial charge < -0.3 is 19.9 Å². The summed E-state index contributed by atoms with van der Waals surface area (Å²) in [5.41, 5.74) is 6.96. The largest absolute Gasteiger partial charge is 0.453 e. The fourth-order valence-corrected chi connectivity index (χ4v) is 2.68. The topological polar surface area (TPSA) is 101 Å². The molecule has 1 aliphatic heterocycles. The second kappa shape index (κ2) is 6.56. The van der Waals surface area contributed by atoms with E-state index in [-0.39, 0.29) is 5.88 Å². The van der Waals surface area contributed by atoms with Crippen LogP contribution in [0.25, 0.3) is 5.57 Å². The molecule has 2 aromatic rings. The quantitative estimate of drug-likeness (QED) is 0.896. The molecule has 8 nitrogen and oxygen atoms in total. The number of carbonyl (C=O) groups excluding carboxylic acids is 1. The third kappa shape index (κ3) is 3.63. The molecule has 2 aliphatic rings. The number of hydrogen-bond acceptors (Lipinski definition) is 6. The van der Waals surface area contributed by atoms with Gasteiger partial charge in [0.1, 0.15) is 11.4 Å². The SMILES string of the molecule is NC(=O)Oc1cc(Oc2cn(C3CC3)nc2C2=CCOCC2)ccn1. The van der Waals surface area contributed by atoms with Crippen molar-refractivity contribution >= 4 is 11.7 Å². The van der Waals surface area contributed by atoms with E-state index in [9.17, 15) is 4.79 Å². The van der Waals surface area contributed by atoms with Crippen LogP contribution in [0.2, 0.25) is 0 Å². The molecule has 0 spiro atoms. The Morgan fingerprint density at radius 2 is 2.28 bits per heavy atom. The van der Waals surface area contributed by atoms with Crippen LogP contribution in [0.15, 0.2) is 30.6 Å². The zero-order chi connectivity index (χ0) is 17.2. The molecular formula is C17H18N4O4. The van der Waals surface area contributed by atoms with E-state index < -0.39 is 6.09 Å². The van der Waals surface area contributed by atoms with Crippen LogP contribution in [0.4, 0.5) is 4.79 Å². The van der Waals surface area contributed by atoms with Gasteiger partial charge in [-0.2, -0.15) is 5.10 Å². The average Bonchev–Trinajstić information content (AvgIpc) is 3.37. The van der Waals surface area contributed by atoms with Crippen molar-refractivity contribution in [3.05, 3.63) is 36.3 Å².